The lowest BCUT2D eigenvalue weighted by atomic mass is 10.0. The molecule has 0 saturated heterocycles. The van der Waals surface area contributed by atoms with Crippen molar-refractivity contribution in [2.24, 2.45) is 0 Å². The van der Waals surface area contributed by atoms with Crippen molar-refractivity contribution in [3.8, 4) is 11.4 Å². The van der Waals surface area contributed by atoms with E-state index in [0.717, 1.165) is 22.5 Å². The number of fused-ring (bicyclic) bond motifs is 1. The van der Waals surface area contributed by atoms with Crippen molar-refractivity contribution >= 4 is 34.7 Å². The van der Waals surface area contributed by atoms with Gasteiger partial charge in [0.1, 0.15) is 10.8 Å². The molecule has 8 nitrogen and oxygen atoms in total. The second-order valence-corrected chi connectivity index (χ2v) is 9.57. The van der Waals surface area contributed by atoms with Crippen LogP contribution in [-0.2, 0) is 12.8 Å². The molecule has 3 N–H and O–H groups in total. The van der Waals surface area contributed by atoms with Gasteiger partial charge in [0.25, 0.3) is 0 Å². The van der Waals surface area contributed by atoms with Gasteiger partial charge in [0.2, 0.25) is 5.95 Å². The third kappa shape index (κ3) is 6.43. The fourth-order valence-electron chi connectivity index (χ4n) is 4.72. The van der Waals surface area contributed by atoms with Gasteiger partial charge < -0.3 is 20.7 Å². The lowest BCUT2D eigenvalue weighted by molar-refractivity contribution is -0.126. The number of alkyl halides is 3. The maximum atomic E-state index is 12.7. The topological polar surface area (TPSA) is 88.9 Å². The van der Waals surface area contributed by atoms with Crippen molar-refractivity contribution < 1.29 is 17.9 Å². The van der Waals surface area contributed by atoms with Crippen molar-refractivity contribution in [1.82, 2.24) is 25.1 Å². The van der Waals surface area contributed by atoms with Crippen LogP contribution in [0.25, 0.3) is 5.69 Å². The molecular weight excluding hydrogens is 531 g/mol. The van der Waals surface area contributed by atoms with Gasteiger partial charge in [0.05, 0.1) is 36.9 Å². The minimum absolute atomic E-state index is 0.224. The average Bonchev–Trinajstić information content (AvgIpc) is 3.37. The summed E-state index contributed by atoms with van der Waals surface area (Å²) in [6.45, 7) is -0.991. The van der Waals surface area contributed by atoms with Crippen LogP contribution < -0.4 is 20.7 Å². The molecule has 39 heavy (non-hydrogen) atoms. The zero-order valence-electron chi connectivity index (χ0n) is 21.1. The Morgan fingerprint density at radius 2 is 1.87 bits per heavy atom. The van der Waals surface area contributed by atoms with E-state index in [9.17, 15) is 13.2 Å². The number of halogens is 4. The molecule has 4 aromatic rings. The molecule has 0 aliphatic heterocycles. The first kappa shape index (κ1) is 26.8. The Bertz CT molecular complexity index is 1430. The molecule has 0 saturated carbocycles. The number of para-hydroxylation sites is 2. The lowest BCUT2D eigenvalue weighted by Gasteiger charge is -2.18. The molecule has 0 radical (unpaired) electrons. The maximum Gasteiger partial charge on any atom is 0.401 e. The second-order valence-electron chi connectivity index (χ2n) is 9.16. The summed E-state index contributed by atoms with van der Waals surface area (Å²) >= 11 is 6.43. The van der Waals surface area contributed by atoms with Crippen molar-refractivity contribution in [3.05, 3.63) is 77.2 Å². The number of hydrogen-bond acceptors (Lipinski definition) is 7. The molecule has 0 fully saturated rings. The fourth-order valence-corrected chi connectivity index (χ4v) is 4.86. The summed E-state index contributed by atoms with van der Waals surface area (Å²) in [4.78, 5) is 8.91. The first-order valence-electron chi connectivity index (χ1n) is 12.5. The van der Waals surface area contributed by atoms with E-state index in [1.165, 1.54) is 6.20 Å². The van der Waals surface area contributed by atoms with E-state index < -0.39 is 12.7 Å². The van der Waals surface area contributed by atoms with E-state index >= 15 is 0 Å². The van der Waals surface area contributed by atoms with E-state index in [1.54, 1.807) is 18.0 Å². The van der Waals surface area contributed by atoms with Crippen molar-refractivity contribution in [2.75, 3.05) is 24.3 Å². The Kier molecular flexibility index (Phi) is 7.89. The quantitative estimate of drug-likeness (QED) is 0.222. The molecule has 0 amide bonds. The Balaban J connectivity index is 1.36. The monoisotopic (exact) mass is 557 g/mol. The van der Waals surface area contributed by atoms with Crippen molar-refractivity contribution in [1.29, 1.82) is 0 Å². The molecule has 1 aliphatic rings. The highest BCUT2D eigenvalue weighted by Crippen LogP contribution is 2.37. The van der Waals surface area contributed by atoms with Crippen LogP contribution in [0.15, 0.2) is 61.1 Å². The number of nitrogens with one attached hydrogen (secondary N) is 3. The van der Waals surface area contributed by atoms with Crippen LogP contribution >= 0.6 is 11.6 Å². The SMILES string of the molecule is COc1c(Nc2ncc(Cl)c(Nc3ccccc3-n3cccn3)n2)ccc2c1CCC(NCC(F)(F)F)CC2. The summed E-state index contributed by atoms with van der Waals surface area (Å²) < 4.78 is 45.6. The van der Waals surface area contributed by atoms with Gasteiger partial charge in [-0.3, -0.25) is 0 Å². The summed E-state index contributed by atoms with van der Waals surface area (Å²) in [5, 5.41) is 13.8. The van der Waals surface area contributed by atoms with Crippen LogP contribution in [0.2, 0.25) is 5.02 Å². The summed E-state index contributed by atoms with van der Waals surface area (Å²) in [5.74, 6) is 1.33. The van der Waals surface area contributed by atoms with Crippen molar-refractivity contribution in [3.63, 3.8) is 0 Å². The number of aryl methyl sites for hydroxylation is 1. The smallest absolute Gasteiger partial charge is 0.401 e. The number of nitrogens with zero attached hydrogens (tertiary/aromatic N) is 4. The molecule has 12 heteroatoms. The fraction of sp³-hybridized carbons (Fsp3) is 0.296. The molecule has 2 heterocycles. The Morgan fingerprint density at radius 1 is 1.05 bits per heavy atom. The largest absolute Gasteiger partial charge is 0.494 e. The number of anilines is 4. The zero-order chi connectivity index (χ0) is 27.4. The normalized spacial score (nSPS) is 15.4. The summed E-state index contributed by atoms with van der Waals surface area (Å²) in [6, 6.07) is 13.1. The van der Waals surface area contributed by atoms with E-state index in [4.69, 9.17) is 16.3 Å². The van der Waals surface area contributed by atoms with E-state index in [0.29, 0.717) is 53.9 Å². The van der Waals surface area contributed by atoms with Crippen LogP contribution in [-0.4, -0.2) is 45.6 Å². The average molecular weight is 558 g/mol. The molecular formula is C27H27ClF3N7O. The third-order valence-corrected chi connectivity index (χ3v) is 6.83. The Labute approximate surface area is 228 Å². The number of benzene rings is 2. The first-order valence-corrected chi connectivity index (χ1v) is 12.8. The van der Waals surface area contributed by atoms with Crippen molar-refractivity contribution in [2.45, 2.75) is 37.9 Å². The van der Waals surface area contributed by atoms with Crippen LogP contribution in [0, 0.1) is 0 Å². The van der Waals surface area contributed by atoms with Crippen LogP contribution in [0.1, 0.15) is 24.0 Å². The number of aromatic nitrogens is 4. The molecule has 5 rings (SSSR count). The number of ether oxygens (including phenoxy) is 1. The molecule has 2 aromatic heterocycles. The number of rotatable bonds is 8. The summed E-state index contributed by atoms with van der Waals surface area (Å²) in [5.41, 5.74) is 4.26. The summed E-state index contributed by atoms with van der Waals surface area (Å²) in [6.07, 6.45) is 3.24. The lowest BCUT2D eigenvalue weighted by Crippen LogP contribution is -2.37. The van der Waals surface area contributed by atoms with Crippen LogP contribution in [0.3, 0.4) is 0 Å². The second kappa shape index (κ2) is 11.5. The predicted octanol–water partition coefficient (Wildman–Crippen LogP) is 6.21. The third-order valence-electron chi connectivity index (χ3n) is 6.56. The minimum Gasteiger partial charge on any atom is -0.494 e. The van der Waals surface area contributed by atoms with Gasteiger partial charge in [0.15, 0.2) is 5.82 Å². The molecule has 1 unspecified atom stereocenters. The maximum absolute atomic E-state index is 12.7. The highest BCUT2D eigenvalue weighted by atomic mass is 35.5. The van der Waals surface area contributed by atoms with E-state index in [1.807, 2.05) is 48.7 Å². The van der Waals surface area contributed by atoms with E-state index in [-0.39, 0.29) is 6.04 Å². The Hall–Kier alpha value is -3.83. The predicted molar refractivity (Wildman–Crippen MR) is 145 cm³/mol. The molecule has 204 valence electrons. The number of hydrogen-bond donors (Lipinski definition) is 3. The van der Waals surface area contributed by atoms with Gasteiger partial charge in [-0.2, -0.15) is 23.3 Å². The minimum atomic E-state index is -4.23. The molecule has 2 aromatic carbocycles. The highest BCUT2D eigenvalue weighted by molar-refractivity contribution is 6.33. The first-order chi connectivity index (χ1) is 18.8. The number of methoxy groups -OCH3 is 1. The molecule has 0 bridgehead atoms. The van der Waals surface area contributed by atoms with Gasteiger partial charge in [-0.25, -0.2) is 9.67 Å². The summed E-state index contributed by atoms with van der Waals surface area (Å²) in [7, 11) is 1.58. The van der Waals surface area contributed by atoms with Gasteiger partial charge in [-0.1, -0.05) is 29.8 Å². The molecule has 0 spiro atoms. The standard InChI is InChI=1S/C27H27ClF3N7O/c1-39-24-19-11-10-18(33-16-27(29,30)31)9-7-17(19)8-12-22(24)36-26-32-15-20(28)25(37-26)35-21-5-2-3-6-23(21)38-14-4-13-34-38/h2-6,8,12-15,18,33H,7,9-11,16H2,1H3,(H2,32,35,36,37). The highest BCUT2D eigenvalue weighted by Gasteiger charge is 2.29. The van der Waals surface area contributed by atoms with Gasteiger partial charge in [0, 0.05) is 18.4 Å². The zero-order valence-corrected chi connectivity index (χ0v) is 21.9. The van der Waals surface area contributed by atoms with Gasteiger partial charge in [-0.15, -0.1) is 0 Å². The van der Waals surface area contributed by atoms with Gasteiger partial charge in [-0.05, 0) is 61.1 Å². The molecule has 1 aliphatic carbocycles. The Morgan fingerprint density at radius 3 is 2.64 bits per heavy atom. The van der Waals surface area contributed by atoms with Gasteiger partial charge >= 0.3 is 6.18 Å². The molecule has 1 atom stereocenters. The van der Waals surface area contributed by atoms with Crippen LogP contribution in [0.5, 0.6) is 5.75 Å². The van der Waals surface area contributed by atoms with Crippen LogP contribution in [0.4, 0.5) is 36.3 Å². The van der Waals surface area contributed by atoms with E-state index in [2.05, 4.69) is 31.0 Å².